The highest BCUT2D eigenvalue weighted by atomic mass is 32.2. The van der Waals surface area contributed by atoms with E-state index in [-0.39, 0.29) is 0 Å². The van der Waals surface area contributed by atoms with Crippen molar-refractivity contribution in [2.24, 2.45) is 0 Å². The van der Waals surface area contributed by atoms with Gasteiger partial charge in [0, 0.05) is 6.08 Å². The van der Waals surface area contributed by atoms with Crippen molar-refractivity contribution in [3.8, 4) is 0 Å². The lowest BCUT2D eigenvalue weighted by atomic mass is 10.4. The lowest BCUT2D eigenvalue weighted by Crippen LogP contribution is -2.39. The van der Waals surface area contributed by atoms with Crippen molar-refractivity contribution in [2.45, 2.75) is 19.2 Å². The Morgan fingerprint density at radius 2 is 2.00 bits per heavy atom. The smallest absolute Gasteiger partial charge is 0.426 e. The number of hydrogen-bond donors (Lipinski definition) is 1. The Balaban J connectivity index is 4.78. The Labute approximate surface area is 89.6 Å². The number of ether oxygens (including phenoxy) is 1. The molecule has 0 aliphatic rings. The third-order valence-electron chi connectivity index (χ3n) is 1.29. The average Bonchev–Trinajstić information content (AvgIpc) is 1.98. The maximum atomic E-state index is 12.2. The fourth-order valence-electron chi connectivity index (χ4n) is 0.702. The molecule has 94 valence electrons. The fraction of sp³-hybridized carbons (Fsp3) is 0.571. The molecule has 0 spiro atoms. The number of allylic oxidation sites excluding steroid dienone is 1. The van der Waals surface area contributed by atoms with Gasteiger partial charge in [-0.15, -0.1) is 0 Å². The lowest BCUT2D eigenvalue weighted by Gasteiger charge is -2.18. The summed E-state index contributed by atoms with van der Waals surface area (Å²) in [5.74, 6) is -3.06. The van der Waals surface area contributed by atoms with E-state index in [2.05, 4.69) is 4.74 Å². The maximum Gasteiger partial charge on any atom is 0.426 e. The highest BCUT2D eigenvalue weighted by molar-refractivity contribution is 7.85. The zero-order chi connectivity index (χ0) is 13.0. The van der Waals surface area contributed by atoms with E-state index in [9.17, 15) is 26.4 Å². The average molecular weight is 262 g/mol. The van der Waals surface area contributed by atoms with Gasteiger partial charge in [0.1, 0.15) is 5.75 Å². The van der Waals surface area contributed by atoms with Crippen molar-refractivity contribution >= 4 is 16.1 Å². The van der Waals surface area contributed by atoms with Crippen LogP contribution in [0.1, 0.15) is 6.92 Å². The number of hydrogen-bond acceptors (Lipinski definition) is 4. The number of carbonyl (C=O) groups excluding carboxylic acids is 1. The fourth-order valence-corrected chi connectivity index (χ4v) is 1.34. The Morgan fingerprint density at radius 1 is 1.50 bits per heavy atom. The Hall–Kier alpha value is -1.09. The van der Waals surface area contributed by atoms with E-state index < -0.39 is 34.1 Å². The molecule has 0 aromatic carbocycles. The highest BCUT2D eigenvalue weighted by Gasteiger charge is 2.45. The van der Waals surface area contributed by atoms with Crippen molar-refractivity contribution in [3.63, 3.8) is 0 Å². The number of rotatable bonds is 4. The molecule has 0 bridgehead atoms. The van der Waals surface area contributed by atoms with E-state index in [0.717, 1.165) is 6.08 Å². The zero-order valence-electron chi connectivity index (χ0n) is 8.06. The highest BCUT2D eigenvalue weighted by Crippen LogP contribution is 2.24. The van der Waals surface area contributed by atoms with Crippen LogP contribution in [0.4, 0.5) is 13.2 Å². The van der Waals surface area contributed by atoms with Gasteiger partial charge in [-0.1, -0.05) is 6.08 Å². The van der Waals surface area contributed by atoms with Gasteiger partial charge < -0.3 is 4.74 Å². The predicted molar refractivity (Wildman–Crippen MR) is 47.2 cm³/mol. The van der Waals surface area contributed by atoms with Gasteiger partial charge in [-0.25, -0.2) is 4.79 Å². The van der Waals surface area contributed by atoms with Gasteiger partial charge in [-0.2, -0.15) is 21.6 Å². The summed E-state index contributed by atoms with van der Waals surface area (Å²) in [6.07, 6.45) is -6.12. The molecule has 5 nitrogen and oxygen atoms in total. The van der Waals surface area contributed by atoms with Crippen molar-refractivity contribution in [2.75, 3.05) is 5.75 Å². The summed E-state index contributed by atoms with van der Waals surface area (Å²) < 4.78 is 69.2. The largest absolute Gasteiger partial charge is 0.448 e. The second kappa shape index (κ2) is 5.30. The molecule has 0 fully saturated rings. The van der Waals surface area contributed by atoms with Crippen LogP contribution in [0, 0.1) is 0 Å². The first-order valence-electron chi connectivity index (χ1n) is 3.91. The van der Waals surface area contributed by atoms with Crippen LogP contribution in [0.15, 0.2) is 12.2 Å². The van der Waals surface area contributed by atoms with Gasteiger partial charge in [0.15, 0.2) is 0 Å². The molecule has 0 amide bonds. The van der Waals surface area contributed by atoms with Gasteiger partial charge >= 0.3 is 12.1 Å². The Bertz CT molecular complexity index is 370. The first-order valence-corrected chi connectivity index (χ1v) is 5.52. The predicted octanol–water partition coefficient (Wildman–Crippen LogP) is 0.924. The summed E-state index contributed by atoms with van der Waals surface area (Å²) in [5.41, 5.74) is 0. The minimum absolute atomic E-state index is 0.697. The van der Waals surface area contributed by atoms with Crippen LogP contribution < -0.4 is 0 Å². The molecular weight excluding hydrogens is 253 g/mol. The van der Waals surface area contributed by atoms with Crippen LogP contribution in [0.5, 0.6) is 0 Å². The summed E-state index contributed by atoms with van der Waals surface area (Å²) in [6.45, 7) is 1.37. The van der Waals surface area contributed by atoms with Crippen molar-refractivity contribution in [1.82, 2.24) is 0 Å². The monoisotopic (exact) mass is 262 g/mol. The summed E-state index contributed by atoms with van der Waals surface area (Å²) in [6, 6.07) is 0. The van der Waals surface area contributed by atoms with Crippen LogP contribution in [0.25, 0.3) is 0 Å². The molecule has 1 unspecified atom stereocenters. The Morgan fingerprint density at radius 3 is 2.31 bits per heavy atom. The van der Waals surface area contributed by atoms with Gasteiger partial charge in [-0.05, 0) is 6.92 Å². The molecule has 9 heteroatoms. The molecule has 0 radical (unpaired) electrons. The number of halogens is 3. The van der Waals surface area contributed by atoms with Crippen LogP contribution in [0.2, 0.25) is 0 Å². The van der Waals surface area contributed by atoms with Gasteiger partial charge in [0.05, 0.1) is 0 Å². The molecular formula is C7H9F3O5S. The van der Waals surface area contributed by atoms with E-state index in [1.807, 2.05) is 0 Å². The summed E-state index contributed by atoms with van der Waals surface area (Å²) in [7, 11) is -4.89. The molecule has 0 aromatic heterocycles. The van der Waals surface area contributed by atoms with E-state index in [4.69, 9.17) is 4.55 Å². The van der Waals surface area contributed by atoms with Crippen molar-refractivity contribution in [3.05, 3.63) is 12.2 Å². The third kappa shape index (κ3) is 6.40. The van der Waals surface area contributed by atoms with E-state index in [1.54, 1.807) is 0 Å². The number of esters is 1. The molecule has 0 saturated heterocycles. The molecule has 0 aliphatic carbocycles. The van der Waals surface area contributed by atoms with Gasteiger partial charge in [-0.3, -0.25) is 4.55 Å². The molecule has 16 heavy (non-hydrogen) atoms. The molecule has 0 saturated carbocycles. The summed E-state index contributed by atoms with van der Waals surface area (Å²) in [4.78, 5) is 10.7. The number of alkyl halides is 3. The van der Waals surface area contributed by atoms with Crippen molar-refractivity contribution < 1.29 is 35.7 Å². The Kier molecular flexibility index (Phi) is 4.94. The van der Waals surface area contributed by atoms with Gasteiger partial charge in [0.25, 0.3) is 10.1 Å². The standard InChI is InChI=1S/C7H9F3O5S/c1-2-3-6(11)15-5(7(8,9)10)4-16(12,13)14/h2-3,5H,4H2,1H3,(H,12,13,14)/b3-2+. The van der Waals surface area contributed by atoms with Gasteiger partial charge in [0.2, 0.25) is 6.10 Å². The van der Waals surface area contributed by atoms with Crippen molar-refractivity contribution in [1.29, 1.82) is 0 Å². The topological polar surface area (TPSA) is 80.7 Å². The quantitative estimate of drug-likeness (QED) is 0.463. The van der Waals surface area contributed by atoms with E-state index >= 15 is 0 Å². The third-order valence-corrected chi connectivity index (χ3v) is 2.01. The zero-order valence-corrected chi connectivity index (χ0v) is 8.88. The van der Waals surface area contributed by atoms with Crippen LogP contribution in [0.3, 0.4) is 0 Å². The minimum Gasteiger partial charge on any atom is -0.448 e. The molecule has 0 aliphatic heterocycles. The normalized spacial score (nSPS) is 15.1. The van der Waals surface area contributed by atoms with E-state index in [1.165, 1.54) is 6.92 Å². The maximum absolute atomic E-state index is 12.2. The van der Waals surface area contributed by atoms with Crippen LogP contribution in [-0.2, 0) is 19.6 Å². The molecule has 0 rings (SSSR count). The molecule has 0 heterocycles. The first-order chi connectivity index (χ1) is 7.06. The SMILES string of the molecule is C/C=C/C(=O)OC(CS(=O)(=O)O)C(F)(F)F. The first kappa shape index (κ1) is 14.9. The van der Waals surface area contributed by atoms with E-state index in [0.29, 0.717) is 6.08 Å². The second-order valence-corrected chi connectivity index (χ2v) is 4.21. The minimum atomic E-state index is -5.06. The molecule has 0 aromatic rings. The lowest BCUT2D eigenvalue weighted by molar-refractivity contribution is -0.212. The van der Waals surface area contributed by atoms with Crippen LogP contribution >= 0.6 is 0 Å². The molecule has 1 N–H and O–H groups in total. The molecule has 1 atom stereocenters. The van der Waals surface area contributed by atoms with Crippen LogP contribution in [-0.4, -0.2) is 37.0 Å². The summed E-state index contributed by atoms with van der Waals surface area (Å²) in [5, 5.41) is 0. The second-order valence-electron chi connectivity index (χ2n) is 2.72. The summed E-state index contributed by atoms with van der Waals surface area (Å²) >= 11 is 0. The number of carbonyl (C=O) groups is 1.